The fraction of sp³-hybridized carbons (Fsp3) is 0.722. The van der Waals surface area contributed by atoms with E-state index in [0.717, 1.165) is 25.1 Å². The molecule has 4 atom stereocenters. The number of rotatable bonds is 9. The molecule has 0 saturated heterocycles. The molecule has 0 radical (unpaired) electrons. The van der Waals surface area contributed by atoms with Crippen LogP contribution in [0.2, 0.25) is 0 Å². The predicted octanol–water partition coefficient (Wildman–Crippen LogP) is 1.55. The van der Waals surface area contributed by atoms with Gasteiger partial charge in [0.15, 0.2) is 22.1 Å². The SMILES string of the molecule is CCCSc1nc(NCCC(C)C)c2nnn([C@@H]3C[C@H](C(=O)O)[C@@H](O)[C@H]3O)c2n1. The van der Waals surface area contributed by atoms with Gasteiger partial charge in [0, 0.05) is 12.3 Å². The number of aliphatic hydroxyl groups is 2. The second kappa shape index (κ2) is 9.23. The Morgan fingerprint density at radius 3 is 2.69 bits per heavy atom. The molecule has 0 amide bonds. The van der Waals surface area contributed by atoms with Crippen molar-refractivity contribution >= 4 is 34.7 Å². The molecule has 0 aromatic carbocycles. The number of aromatic nitrogens is 5. The summed E-state index contributed by atoms with van der Waals surface area (Å²) in [6, 6.07) is -0.724. The first-order valence-electron chi connectivity index (χ1n) is 9.92. The number of nitrogens with zero attached hydrogens (tertiary/aromatic N) is 5. The van der Waals surface area contributed by atoms with E-state index in [2.05, 4.69) is 46.4 Å². The van der Waals surface area contributed by atoms with Crippen molar-refractivity contribution in [2.75, 3.05) is 17.6 Å². The lowest BCUT2D eigenvalue weighted by atomic mass is 10.1. The third-order valence-corrected chi connectivity index (χ3v) is 6.09. The van der Waals surface area contributed by atoms with E-state index < -0.39 is 30.1 Å². The quantitative estimate of drug-likeness (QED) is 0.345. The minimum absolute atomic E-state index is 0.0493. The zero-order valence-corrected chi connectivity index (χ0v) is 17.6. The Bertz CT molecular complexity index is 860. The van der Waals surface area contributed by atoms with Crippen LogP contribution in [0.1, 0.15) is 46.1 Å². The van der Waals surface area contributed by atoms with Gasteiger partial charge in [0.2, 0.25) is 0 Å². The van der Waals surface area contributed by atoms with E-state index in [9.17, 15) is 20.1 Å². The van der Waals surface area contributed by atoms with Crippen LogP contribution in [0.4, 0.5) is 5.82 Å². The highest BCUT2D eigenvalue weighted by Gasteiger charge is 2.47. The van der Waals surface area contributed by atoms with Crippen LogP contribution in [0.25, 0.3) is 11.2 Å². The Labute approximate surface area is 173 Å². The molecule has 10 nitrogen and oxygen atoms in total. The second-order valence-corrected chi connectivity index (χ2v) is 8.81. The zero-order chi connectivity index (χ0) is 21.1. The maximum Gasteiger partial charge on any atom is 0.309 e. The third-order valence-electron chi connectivity index (χ3n) is 5.04. The number of thioether (sulfide) groups is 1. The number of hydrogen-bond acceptors (Lipinski definition) is 9. The Balaban J connectivity index is 1.97. The molecular weight excluding hydrogens is 396 g/mol. The molecule has 0 aliphatic heterocycles. The first kappa shape index (κ1) is 21.7. The number of carboxylic acids is 1. The van der Waals surface area contributed by atoms with Crippen LogP contribution in [0.15, 0.2) is 5.16 Å². The summed E-state index contributed by atoms with van der Waals surface area (Å²) in [5, 5.41) is 42.0. The van der Waals surface area contributed by atoms with Crippen molar-refractivity contribution < 1.29 is 20.1 Å². The van der Waals surface area contributed by atoms with Gasteiger partial charge in [-0.05, 0) is 25.2 Å². The summed E-state index contributed by atoms with van der Waals surface area (Å²) in [7, 11) is 0. The average Bonchev–Trinajstić information content (AvgIpc) is 3.21. The second-order valence-electron chi connectivity index (χ2n) is 7.75. The highest BCUT2D eigenvalue weighted by Crippen LogP contribution is 2.37. The molecule has 1 aliphatic carbocycles. The third kappa shape index (κ3) is 4.62. The van der Waals surface area contributed by atoms with Gasteiger partial charge in [-0.1, -0.05) is 37.7 Å². The Morgan fingerprint density at radius 1 is 1.31 bits per heavy atom. The summed E-state index contributed by atoms with van der Waals surface area (Å²) in [5.41, 5.74) is 0.892. The average molecular weight is 425 g/mol. The van der Waals surface area contributed by atoms with Crippen molar-refractivity contribution in [1.29, 1.82) is 0 Å². The van der Waals surface area contributed by atoms with Crippen LogP contribution in [-0.4, -0.2) is 70.8 Å². The van der Waals surface area contributed by atoms with Crippen molar-refractivity contribution in [2.45, 2.75) is 63.4 Å². The molecule has 29 heavy (non-hydrogen) atoms. The molecule has 0 bridgehead atoms. The molecule has 0 spiro atoms. The number of carboxylic acid groups (broad SMARTS) is 1. The monoisotopic (exact) mass is 424 g/mol. The minimum Gasteiger partial charge on any atom is -0.481 e. The van der Waals surface area contributed by atoms with Crippen LogP contribution < -0.4 is 5.32 Å². The maximum atomic E-state index is 11.4. The van der Waals surface area contributed by atoms with Gasteiger partial charge in [-0.25, -0.2) is 14.6 Å². The van der Waals surface area contributed by atoms with Crippen LogP contribution in [-0.2, 0) is 4.79 Å². The van der Waals surface area contributed by atoms with Crippen molar-refractivity contribution in [2.24, 2.45) is 11.8 Å². The fourth-order valence-electron chi connectivity index (χ4n) is 3.39. The first-order valence-corrected chi connectivity index (χ1v) is 10.9. The highest BCUT2D eigenvalue weighted by atomic mass is 32.2. The van der Waals surface area contributed by atoms with Gasteiger partial charge in [0.05, 0.1) is 18.1 Å². The van der Waals surface area contributed by atoms with E-state index in [1.807, 2.05) is 0 Å². The van der Waals surface area contributed by atoms with E-state index in [0.29, 0.717) is 28.1 Å². The van der Waals surface area contributed by atoms with Crippen LogP contribution in [0.5, 0.6) is 0 Å². The van der Waals surface area contributed by atoms with E-state index in [4.69, 9.17) is 0 Å². The van der Waals surface area contributed by atoms with Gasteiger partial charge in [0.25, 0.3) is 0 Å². The van der Waals surface area contributed by atoms with Crippen LogP contribution in [0, 0.1) is 11.8 Å². The highest BCUT2D eigenvalue weighted by molar-refractivity contribution is 7.99. The van der Waals surface area contributed by atoms with Crippen molar-refractivity contribution in [3.05, 3.63) is 0 Å². The Kier molecular flexibility index (Phi) is 6.91. The Morgan fingerprint density at radius 2 is 2.07 bits per heavy atom. The lowest BCUT2D eigenvalue weighted by molar-refractivity contribution is -0.145. The maximum absolute atomic E-state index is 11.4. The van der Waals surface area contributed by atoms with Gasteiger partial charge in [0.1, 0.15) is 6.10 Å². The van der Waals surface area contributed by atoms with Gasteiger partial charge in [-0.3, -0.25) is 4.79 Å². The smallest absolute Gasteiger partial charge is 0.309 e. The lowest BCUT2D eigenvalue weighted by Gasteiger charge is -2.16. The Hall–Kier alpha value is -1.98. The minimum atomic E-state index is -1.36. The number of anilines is 1. The number of fused-ring (bicyclic) bond motifs is 1. The molecule has 2 aromatic heterocycles. The summed E-state index contributed by atoms with van der Waals surface area (Å²) in [5.74, 6) is -0.248. The zero-order valence-electron chi connectivity index (χ0n) is 16.8. The molecule has 1 aliphatic rings. The molecule has 2 aromatic rings. The molecule has 11 heteroatoms. The van der Waals surface area contributed by atoms with E-state index >= 15 is 0 Å². The van der Waals surface area contributed by atoms with Crippen molar-refractivity contribution in [1.82, 2.24) is 25.0 Å². The topological polar surface area (TPSA) is 146 Å². The summed E-state index contributed by atoms with van der Waals surface area (Å²) >= 11 is 1.51. The normalized spacial score (nSPS) is 24.5. The standard InChI is InChI=1S/C18H28N6O4S/c1-4-7-29-18-20-15(19-6-5-9(2)3)12-16(21-18)24(23-22-12)11-8-10(17(27)28)13(25)14(11)26/h9-11,13-14,25-26H,4-8H2,1-3H3,(H,27,28)(H,19,20,21)/t10-,11+,13+,14-/m0/s1. The van der Waals surface area contributed by atoms with Gasteiger partial charge < -0.3 is 20.6 Å². The van der Waals surface area contributed by atoms with Crippen LogP contribution in [0.3, 0.4) is 0 Å². The van der Waals surface area contributed by atoms with Gasteiger partial charge in [-0.2, -0.15) is 0 Å². The summed E-state index contributed by atoms with van der Waals surface area (Å²) in [6.07, 6.45) is -0.650. The van der Waals surface area contributed by atoms with Crippen LogP contribution >= 0.6 is 11.8 Å². The lowest BCUT2D eigenvalue weighted by Crippen LogP contribution is -2.32. The largest absolute Gasteiger partial charge is 0.481 e. The molecular formula is C18H28N6O4S. The summed E-state index contributed by atoms with van der Waals surface area (Å²) in [6.45, 7) is 7.07. The van der Waals surface area contributed by atoms with Gasteiger partial charge in [-0.15, -0.1) is 5.10 Å². The number of hydrogen-bond donors (Lipinski definition) is 4. The number of nitrogens with one attached hydrogen (secondary N) is 1. The van der Waals surface area contributed by atoms with E-state index in [-0.39, 0.29) is 6.42 Å². The molecule has 160 valence electrons. The van der Waals surface area contributed by atoms with E-state index in [1.54, 1.807) is 0 Å². The number of aliphatic hydroxyl groups excluding tert-OH is 2. The molecule has 0 unspecified atom stereocenters. The molecule has 3 rings (SSSR count). The summed E-state index contributed by atoms with van der Waals surface area (Å²) in [4.78, 5) is 20.5. The molecule has 4 N–H and O–H groups in total. The predicted molar refractivity (Wildman–Crippen MR) is 109 cm³/mol. The molecule has 2 heterocycles. The van der Waals surface area contributed by atoms with E-state index in [1.165, 1.54) is 16.4 Å². The fourth-order valence-corrected chi connectivity index (χ4v) is 4.08. The van der Waals surface area contributed by atoms with Crippen molar-refractivity contribution in [3.63, 3.8) is 0 Å². The molecule has 1 saturated carbocycles. The first-order chi connectivity index (χ1) is 13.8. The molecule has 1 fully saturated rings. The summed E-state index contributed by atoms with van der Waals surface area (Å²) < 4.78 is 1.43. The number of aliphatic carboxylic acids is 1. The van der Waals surface area contributed by atoms with Crippen molar-refractivity contribution in [3.8, 4) is 0 Å². The van der Waals surface area contributed by atoms with Gasteiger partial charge >= 0.3 is 5.97 Å². The number of carbonyl (C=O) groups is 1.